The summed E-state index contributed by atoms with van der Waals surface area (Å²) in [5.74, 6) is 0.644. The van der Waals surface area contributed by atoms with E-state index in [4.69, 9.17) is 27.9 Å². The quantitative estimate of drug-likeness (QED) is 0.437. The summed E-state index contributed by atoms with van der Waals surface area (Å²) in [5.41, 5.74) is 5.33. The van der Waals surface area contributed by atoms with Gasteiger partial charge < -0.3 is 4.74 Å². The van der Waals surface area contributed by atoms with E-state index < -0.39 is 0 Å². The van der Waals surface area contributed by atoms with Gasteiger partial charge in [0.15, 0.2) is 0 Å². The van der Waals surface area contributed by atoms with E-state index in [0.717, 1.165) is 16.8 Å². The van der Waals surface area contributed by atoms with Crippen molar-refractivity contribution in [3.05, 3.63) is 93.0 Å². The van der Waals surface area contributed by atoms with Gasteiger partial charge >= 0.3 is 0 Å². The van der Waals surface area contributed by atoms with E-state index in [-0.39, 0.29) is 0 Å². The SMILES string of the molecule is Cc1cccc(N=Cc2ccc(OCc3ccc(Cl)cc3)c(Cl)c2)c1C. The first-order chi connectivity index (χ1) is 12.5. The monoisotopic (exact) mass is 383 g/mol. The predicted molar refractivity (Wildman–Crippen MR) is 110 cm³/mol. The number of nitrogens with zero attached hydrogens (tertiary/aromatic N) is 1. The number of ether oxygens (including phenoxy) is 1. The van der Waals surface area contributed by atoms with Crippen molar-refractivity contribution in [2.45, 2.75) is 20.5 Å². The minimum absolute atomic E-state index is 0.437. The zero-order valence-corrected chi connectivity index (χ0v) is 16.2. The lowest BCUT2D eigenvalue weighted by Gasteiger charge is -2.09. The van der Waals surface area contributed by atoms with Crippen LogP contribution in [0.1, 0.15) is 22.3 Å². The van der Waals surface area contributed by atoms with Gasteiger partial charge in [-0.15, -0.1) is 0 Å². The molecule has 3 rings (SSSR count). The van der Waals surface area contributed by atoms with Crippen molar-refractivity contribution in [3.63, 3.8) is 0 Å². The Bertz CT molecular complexity index is 933. The molecule has 3 aromatic carbocycles. The lowest BCUT2D eigenvalue weighted by atomic mass is 10.1. The summed E-state index contributed by atoms with van der Waals surface area (Å²) in [5, 5.41) is 1.27. The van der Waals surface area contributed by atoms with E-state index in [1.54, 1.807) is 0 Å². The van der Waals surface area contributed by atoms with E-state index in [9.17, 15) is 0 Å². The lowest BCUT2D eigenvalue weighted by molar-refractivity contribution is 0.306. The Hall–Kier alpha value is -2.29. The van der Waals surface area contributed by atoms with Crippen LogP contribution in [0.5, 0.6) is 5.75 Å². The summed E-state index contributed by atoms with van der Waals surface area (Å²) in [7, 11) is 0. The van der Waals surface area contributed by atoms with Crippen molar-refractivity contribution in [1.29, 1.82) is 0 Å². The number of aryl methyl sites for hydroxylation is 1. The molecular formula is C22H19Cl2NO. The summed E-state index contributed by atoms with van der Waals surface area (Å²) in [6.45, 7) is 4.59. The topological polar surface area (TPSA) is 21.6 Å². The van der Waals surface area contributed by atoms with Crippen LogP contribution in [-0.2, 0) is 6.61 Å². The molecular weight excluding hydrogens is 365 g/mol. The Kier molecular flexibility index (Phi) is 5.97. The van der Waals surface area contributed by atoms with Crippen LogP contribution in [0, 0.1) is 13.8 Å². The third kappa shape index (κ3) is 4.66. The molecule has 3 aromatic rings. The maximum Gasteiger partial charge on any atom is 0.138 e. The van der Waals surface area contributed by atoms with E-state index in [2.05, 4.69) is 24.9 Å². The third-order valence-corrected chi connectivity index (χ3v) is 4.74. The van der Waals surface area contributed by atoms with Gasteiger partial charge in [0.05, 0.1) is 10.7 Å². The van der Waals surface area contributed by atoms with Gasteiger partial charge in [0.1, 0.15) is 12.4 Å². The van der Waals surface area contributed by atoms with Crippen LogP contribution in [0.4, 0.5) is 5.69 Å². The molecule has 0 saturated carbocycles. The highest BCUT2D eigenvalue weighted by Gasteiger charge is 2.04. The molecule has 132 valence electrons. The van der Waals surface area contributed by atoms with Crippen molar-refractivity contribution < 1.29 is 4.74 Å². The first-order valence-electron chi connectivity index (χ1n) is 8.30. The molecule has 0 radical (unpaired) electrons. The molecule has 0 heterocycles. The van der Waals surface area contributed by atoms with Gasteiger partial charge in [-0.2, -0.15) is 0 Å². The molecule has 26 heavy (non-hydrogen) atoms. The van der Waals surface area contributed by atoms with Crippen LogP contribution in [0.2, 0.25) is 10.0 Å². The van der Waals surface area contributed by atoms with Crippen molar-refractivity contribution in [2.24, 2.45) is 4.99 Å². The summed E-state index contributed by atoms with van der Waals surface area (Å²) < 4.78 is 5.80. The molecule has 0 N–H and O–H groups in total. The number of benzene rings is 3. The van der Waals surface area contributed by atoms with Crippen molar-refractivity contribution >= 4 is 35.1 Å². The Labute approximate surface area is 164 Å². The summed E-state index contributed by atoms with van der Waals surface area (Å²) in [6.07, 6.45) is 1.82. The predicted octanol–water partition coefficient (Wildman–Crippen LogP) is 6.94. The Morgan fingerprint density at radius 1 is 0.962 bits per heavy atom. The molecule has 0 bridgehead atoms. The second kappa shape index (κ2) is 8.39. The largest absolute Gasteiger partial charge is 0.487 e. The van der Waals surface area contributed by atoms with Gasteiger partial charge in [-0.3, -0.25) is 4.99 Å². The van der Waals surface area contributed by atoms with Gasteiger partial charge in [-0.05, 0) is 72.5 Å². The van der Waals surface area contributed by atoms with E-state index in [0.29, 0.717) is 22.4 Å². The highest BCUT2D eigenvalue weighted by molar-refractivity contribution is 6.32. The van der Waals surface area contributed by atoms with Gasteiger partial charge in [0.2, 0.25) is 0 Å². The number of hydrogen-bond acceptors (Lipinski definition) is 2. The molecule has 0 unspecified atom stereocenters. The zero-order chi connectivity index (χ0) is 18.5. The van der Waals surface area contributed by atoms with Crippen molar-refractivity contribution in [2.75, 3.05) is 0 Å². The fraction of sp³-hybridized carbons (Fsp3) is 0.136. The maximum absolute atomic E-state index is 6.35. The van der Waals surface area contributed by atoms with E-state index >= 15 is 0 Å². The fourth-order valence-electron chi connectivity index (χ4n) is 2.48. The van der Waals surface area contributed by atoms with Crippen LogP contribution in [0.3, 0.4) is 0 Å². The third-order valence-electron chi connectivity index (χ3n) is 4.19. The number of halogens is 2. The highest BCUT2D eigenvalue weighted by atomic mass is 35.5. The summed E-state index contributed by atoms with van der Waals surface area (Å²) in [4.78, 5) is 4.57. The Morgan fingerprint density at radius 2 is 1.73 bits per heavy atom. The standard InChI is InChI=1S/C22H19Cl2NO/c1-15-4-3-5-21(16(15)2)25-13-18-8-11-22(20(24)12-18)26-14-17-6-9-19(23)10-7-17/h3-13H,14H2,1-2H3. The summed E-state index contributed by atoms with van der Waals surface area (Å²) in [6, 6.07) is 19.3. The average Bonchev–Trinajstić information content (AvgIpc) is 2.63. The molecule has 2 nitrogen and oxygen atoms in total. The second-order valence-corrected chi connectivity index (χ2v) is 6.93. The fourth-order valence-corrected chi connectivity index (χ4v) is 2.85. The molecule has 0 amide bonds. The molecule has 0 spiro atoms. The first kappa shape index (κ1) is 18.5. The van der Waals surface area contributed by atoms with Crippen LogP contribution in [0.25, 0.3) is 0 Å². The normalized spacial score (nSPS) is 11.1. The molecule has 0 saturated heterocycles. The van der Waals surface area contributed by atoms with Gasteiger partial charge in [-0.25, -0.2) is 0 Å². The van der Waals surface area contributed by atoms with Crippen LogP contribution in [0.15, 0.2) is 65.7 Å². The van der Waals surface area contributed by atoms with Crippen molar-refractivity contribution in [1.82, 2.24) is 0 Å². The summed E-state index contributed by atoms with van der Waals surface area (Å²) >= 11 is 12.2. The zero-order valence-electron chi connectivity index (χ0n) is 14.7. The van der Waals surface area contributed by atoms with E-state index in [1.807, 2.05) is 60.8 Å². The van der Waals surface area contributed by atoms with Crippen LogP contribution >= 0.6 is 23.2 Å². The molecule has 0 atom stereocenters. The maximum atomic E-state index is 6.35. The highest BCUT2D eigenvalue weighted by Crippen LogP contribution is 2.27. The second-order valence-electron chi connectivity index (χ2n) is 6.08. The average molecular weight is 384 g/mol. The Morgan fingerprint density at radius 3 is 2.46 bits per heavy atom. The number of hydrogen-bond donors (Lipinski definition) is 0. The van der Waals surface area contributed by atoms with Gasteiger partial charge in [0, 0.05) is 11.2 Å². The van der Waals surface area contributed by atoms with E-state index in [1.165, 1.54) is 11.1 Å². The first-order valence-corrected chi connectivity index (χ1v) is 9.05. The molecule has 0 aliphatic rings. The van der Waals surface area contributed by atoms with Crippen LogP contribution in [-0.4, -0.2) is 6.21 Å². The van der Waals surface area contributed by atoms with Gasteiger partial charge in [-0.1, -0.05) is 47.5 Å². The molecule has 0 aliphatic heterocycles. The van der Waals surface area contributed by atoms with Crippen LogP contribution < -0.4 is 4.74 Å². The molecule has 0 aliphatic carbocycles. The minimum Gasteiger partial charge on any atom is -0.487 e. The lowest BCUT2D eigenvalue weighted by Crippen LogP contribution is -1.96. The molecule has 0 aromatic heterocycles. The van der Waals surface area contributed by atoms with Crippen molar-refractivity contribution in [3.8, 4) is 5.75 Å². The number of aliphatic imine (C=N–C) groups is 1. The molecule has 0 fully saturated rings. The number of rotatable bonds is 5. The molecule has 4 heteroatoms. The van der Waals surface area contributed by atoms with Gasteiger partial charge in [0.25, 0.3) is 0 Å². The minimum atomic E-state index is 0.437. The smallest absolute Gasteiger partial charge is 0.138 e. The Balaban J connectivity index is 1.70.